The number of nitrogens with zero attached hydrogens (tertiary/aromatic N) is 2. The zero-order valence-electron chi connectivity index (χ0n) is 12.1. The molecule has 4 aromatic rings. The molecule has 108 valence electrons. The summed E-state index contributed by atoms with van der Waals surface area (Å²) in [5.41, 5.74) is 4.17. The van der Waals surface area contributed by atoms with Gasteiger partial charge in [-0.15, -0.1) is 0 Å². The van der Waals surface area contributed by atoms with E-state index in [0.29, 0.717) is 0 Å². The Bertz CT molecular complexity index is 925. The molecule has 3 heterocycles. The van der Waals surface area contributed by atoms with Crippen LogP contribution in [0.3, 0.4) is 0 Å². The van der Waals surface area contributed by atoms with Gasteiger partial charge in [0.15, 0.2) is 5.06 Å². The van der Waals surface area contributed by atoms with Crippen LogP contribution < -0.4 is 4.74 Å². The Labute approximate surface area is 132 Å². The van der Waals surface area contributed by atoms with Crippen LogP contribution in [0.25, 0.3) is 27.5 Å². The minimum Gasteiger partial charge on any atom is -0.487 e. The number of rotatable bonds is 3. The number of ether oxygens (including phenoxy) is 1. The van der Waals surface area contributed by atoms with Crippen molar-refractivity contribution in [1.29, 1.82) is 0 Å². The molecule has 22 heavy (non-hydrogen) atoms. The van der Waals surface area contributed by atoms with Gasteiger partial charge in [-0.05, 0) is 24.3 Å². The van der Waals surface area contributed by atoms with Gasteiger partial charge in [-0.25, -0.2) is 4.98 Å². The first kappa shape index (κ1) is 13.1. The first-order valence-corrected chi connectivity index (χ1v) is 7.85. The van der Waals surface area contributed by atoms with Gasteiger partial charge in [0.1, 0.15) is 5.65 Å². The van der Waals surface area contributed by atoms with Gasteiger partial charge in [0, 0.05) is 11.8 Å². The van der Waals surface area contributed by atoms with E-state index in [1.807, 2.05) is 42.5 Å². The fourth-order valence-electron chi connectivity index (χ4n) is 2.59. The highest BCUT2D eigenvalue weighted by Crippen LogP contribution is 2.38. The van der Waals surface area contributed by atoms with Crippen molar-refractivity contribution >= 4 is 17.0 Å². The van der Waals surface area contributed by atoms with E-state index in [4.69, 9.17) is 9.72 Å². The Morgan fingerprint density at radius 3 is 2.55 bits per heavy atom. The van der Waals surface area contributed by atoms with Gasteiger partial charge >= 0.3 is 0 Å². The van der Waals surface area contributed by atoms with E-state index in [-0.39, 0.29) is 0 Å². The molecule has 0 fully saturated rings. The first-order valence-electron chi connectivity index (χ1n) is 7.03. The van der Waals surface area contributed by atoms with Gasteiger partial charge in [-0.3, -0.25) is 4.40 Å². The third-order valence-corrected chi connectivity index (χ3v) is 4.65. The van der Waals surface area contributed by atoms with Crippen molar-refractivity contribution in [3.63, 3.8) is 0 Å². The van der Waals surface area contributed by atoms with Gasteiger partial charge < -0.3 is 4.74 Å². The molecule has 0 aliphatic heterocycles. The lowest BCUT2D eigenvalue weighted by Crippen LogP contribution is -1.86. The summed E-state index contributed by atoms with van der Waals surface area (Å²) in [6, 6.07) is 20.4. The molecule has 0 N–H and O–H groups in total. The summed E-state index contributed by atoms with van der Waals surface area (Å²) in [5.74, 6) is 0. The number of thiophene rings is 1. The number of imidazole rings is 1. The average molecular weight is 306 g/mol. The number of aromatic nitrogens is 2. The first-order chi connectivity index (χ1) is 10.9. The quantitative estimate of drug-likeness (QED) is 0.546. The van der Waals surface area contributed by atoms with Gasteiger partial charge in [0.05, 0.1) is 23.4 Å². The SMILES string of the molecule is COc1ccc(-c2c(-c3ccccc3)nc3ccccn23)s1. The molecule has 4 heteroatoms. The zero-order chi connectivity index (χ0) is 14.9. The van der Waals surface area contributed by atoms with Crippen molar-refractivity contribution in [3.05, 3.63) is 66.9 Å². The second kappa shape index (κ2) is 5.31. The van der Waals surface area contributed by atoms with Gasteiger partial charge in [-0.2, -0.15) is 0 Å². The second-order valence-corrected chi connectivity index (χ2v) is 5.97. The molecule has 0 atom stereocenters. The molecular formula is C18H14N2OS. The highest BCUT2D eigenvalue weighted by Gasteiger charge is 2.17. The van der Waals surface area contributed by atoms with E-state index in [1.165, 1.54) is 0 Å². The van der Waals surface area contributed by atoms with Crippen LogP contribution >= 0.6 is 11.3 Å². The Balaban J connectivity index is 2.02. The molecular weight excluding hydrogens is 292 g/mol. The van der Waals surface area contributed by atoms with Crippen LogP contribution in [-0.2, 0) is 0 Å². The Morgan fingerprint density at radius 1 is 0.955 bits per heavy atom. The summed E-state index contributed by atoms with van der Waals surface area (Å²) in [7, 11) is 1.70. The van der Waals surface area contributed by atoms with E-state index in [9.17, 15) is 0 Å². The highest BCUT2D eigenvalue weighted by atomic mass is 32.1. The summed E-state index contributed by atoms with van der Waals surface area (Å²) < 4.78 is 7.47. The van der Waals surface area contributed by atoms with Crippen LogP contribution in [0.4, 0.5) is 0 Å². The van der Waals surface area contributed by atoms with E-state index in [0.717, 1.165) is 32.5 Å². The van der Waals surface area contributed by atoms with Crippen molar-refractivity contribution in [3.8, 4) is 26.9 Å². The molecule has 0 saturated heterocycles. The van der Waals surface area contributed by atoms with Crippen LogP contribution in [0.2, 0.25) is 0 Å². The summed E-state index contributed by atoms with van der Waals surface area (Å²) in [6.07, 6.45) is 2.05. The number of fused-ring (bicyclic) bond motifs is 1. The molecule has 0 unspecified atom stereocenters. The molecule has 0 spiro atoms. The second-order valence-electron chi connectivity index (χ2n) is 4.93. The standard InChI is InChI=1S/C18H14N2OS/c1-21-16-11-10-14(22-16)18-17(13-7-3-2-4-8-13)19-15-9-5-6-12-20(15)18/h2-12H,1H3. The Kier molecular flexibility index (Phi) is 3.16. The monoisotopic (exact) mass is 306 g/mol. The van der Waals surface area contributed by atoms with Crippen molar-refractivity contribution < 1.29 is 4.74 Å². The van der Waals surface area contributed by atoms with Gasteiger partial charge in [0.2, 0.25) is 0 Å². The normalized spacial score (nSPS) is 11.0. The Hall–Kier alpha value is -2.59. The smallest absolute Gasteiger partial charge is 0.173 e. The van der Waals surface area contributed by atoms with Crippen LogP contribution in [0.15, 0.2) is 66.9 Å². The molecule has 0 bridgehead atoms. The fourth-order valence-corrected chi connectivity index (χ4v) is 3.45. The number of hydrogen-bond donors (Lipinski definition) is 0. The van der Waals surface area contributed by atoms with Gasteiger partial charge in [-0.1, -0.05) is 47.7 Å². The molecule has 0 aliphatic rings. The molecule has 0 saturated carbocycles. The minimum atomic E-state index is 0.903. The third-order valence-electron chi connectivity index (χ3n) is 3.59. The number of pyridine rings is 1. The Morgan fingerprint density at radius 2 is 1.77 bits per heavy atom. The van der Waals surface area contributed by atoms with Crippen molar-refractivity contribution in [2.45, 2.75) is 0 Å². The summed E-state index contributed by atoms with van der Waals surface area (Å²) in [5, 5.41) is 0.903. The van der Waals surface area contributed by atoms with Crippen LogP contribution in [0, 0.1) is 0 Å². The lowest BCUT2D eigenvalue weighted by Gasteiger charge is -2.03. The van der Waals surface area contributed by atoms with Crippen LogP contribution in [0.1, 0.15) is 0 Å². The minimum absolute atomic E-state index is 0.903. The summed E-state index contributed by atoms with van der Waals surface area (Å²) in [4.78, 5) is 5.97. The number of methoxy groups -OCH3 is 1. The summed E-state index contributed by atoms with van der Waals surface area (Å²) >= 11 is 1.63. The van der Waals surface area contributed by atoms with E-state index in [1.54, 1.807) is 18.4 Å². The van der Waals surface area contributed by atoms with E-state index >= 15 is 0 Å². The molecule has 1 aromatic carbocycles. The van der Waals surface area contributed by atoms with Crippen LogP contribution in [0.5, 0.6) is 5.06 Å². The molecule has 0 amide bonds. The van der Waals surface area contributed by atoms with Crippen molar-refractivity contribution in [1.82, 2.24) is 9.38 Å². The maximum atomic E-state index is 5.34. The third kappa shape index (κ3) is 2.09. The molecule has 0 radical (unpaired) electrons. The highest BCUT2D eigenvalue weighted by molar-refractivity contribution is 7.17. The largest absolute Gasteiger partial charge is 0.487 e. The molecule has 0 aliphatic carbocycles. The van der Waals surface area contributed by atoms with Crippen LogP contribution in [-0.4, -0.2) is 16.5 Å². The maximum absolute atomic E-state index is 5.34. The molecule has 3 nitrogen and oxygen atoms in total. The van der Waals surface area contributed by atoms with E-state index < -0.39 is 0 Å². The van der Waals surface area contributed by atoms with Crippen molar-refractivity contribution in [2.24, 2.45) is 0 Å². The van der Waals surface area contributed by atoms with Crippen molar-refractivity contribution in [2.75, 3.05) is 7.11 Å². The number of hydrogen-bond acceptors (Lipinski definition) is 3. The lowest BCUT2D eigenvalue weighted by molar-refractivity contribution is 0.427. The van der Waals surface area contributed by atoms with E-state index in [2.05, 4.69) is 28.8 Å². The maximum Gasteiger partial charge on any atom is 0.173 e. The molecule has 3 aromatic heterocycles. The van der Waals surface area contributed by atoms with Gasteiger partial charge in [0.25, 0.3) is 0 Å². The number of benzene rings is 1. The average Bonchev–Trinajstić information content (AvgIpc) is 3.19. The lowest BCUT2D eigenvalue weighted by atomic mass is 10.1. The predicted octanol–water partition coefficient (Wildman–Crippen LogP) is 4.74. The predicted molar refractivity (Wildman–Crippen MR) is 90.5 cm³/mol. The fraction of sp³-hybridized carbons (Fsp3) is 0.0556. The summed E-state index contributed by atoms with van der Waals surface area (Å²) in [6.45, 7) is 0. The molecule has 4 rings (SSSR count). The topological polar surface area (TPSA) is 26.5 Å². The zero-order valence-corrected chi connectivity index (χ0v) is 12.9.